The molecule has 122 valence electrons. The van der Waals surface area contributed by atoms with Gasteiger partial charge in [0, 0.05) is 24.3 Å². The van der Waals surface area contributed by atoms with Crippen molar-refractivity contribution in [3.63, 3.8) is 0 Å². The van der Waals surface area contributed by atoms with E-state index in [9.17, 15) is 8.42 Å². The van der Waals surface area contributed by atoms with Gasteiger partial charge in [0.25, 0.3) is 0 Å². The first-order chi connectivity index (χ1) is 10.9. The van der Waals surface area contributed by atoms with Crippen LogP contribution in [0.2, 0.25) is 0 Å². The highest BCUT2D eigenvalue weighted by Crippen LogP contribution is 2.23. The van der Waals surface area contributed by atoms with E-state index in [-0.39, 0.29) is 10.4 Å². The van der Waals surface area contributed by atoms with Gasteiger partial charge in [-0.1, -0.05) is 6.07 Å². The summed E-state index contributed by atoms with van der Waals surface area (Å²) in [5, 5.41) is 11.7. The Kier molecular flexibility index (Phi) is 3.90. The maximum atomic E-state index is 12.7. The van der Waals surface area contributed by atoms with Crippen molar-refractivity contribution in [2.24, 2.45) is 0 Å². The van der Waals surface area contributed by atoms with Crippen molar-refractivity contribution in [2.45, 2.75) is 38.3 Å². The summed E-state index contributed by atoms with van der Waals surface area (Å²) in [6.45, 7) is 6.34. The maximum Gasteiger partial charge on any atom is 0.243 e. The number of aromatic nitrogens is 4. The highest BCUT2D eigenvalue weighted by molar-refractivity contribution is 7.89. The number of nitrogens with one attached hydrogen (secondary N) is 1. The van der Waals surface area contributed by atoms with Crippen molar-refractivity contribution in [3.8, 4) is 0 Å². The van der Waals surface area contributed by atoms with Gasteiger partial charge in [-0.15, -0.1) is 0 Å². The van der Waals surface area contributed by atoms with Crippen molar-refractivity contribution in [1.82, 2.24) is 24.8 Å². The number of aryl methyl sites for hydroxylation is 2. The zero-order valence-corrected chi connectivity index (χ0v) is 13.8. The molecule has 3 rings (SSSR count). The van der Waals surface area contributed by atoms with Gasteiger partial charge in [0.1, 0.15) is 10.4 Å². The summed E-state index contributed by atoms with van der Waals surface area (Å²) in [4.78, 5) is 0.0450. The molecule has 1 atom stereocenters. The Morgan fingerprint density at radius 2 is 2.13 bits per heavy atom. The van der Waals surface area contributed by atoms with Crippen LogP contribution in [-0.4, -0.2) is 28.5 Å². The van der Waals surface area contributed by atoms with Gasteiger partial charge in [0.15, 0.2) is 5.52 Å². The lowest BCUT2D eigenvalue weighted by Crippen LogP contribution is -2.27. The molecule has 0 fully saturated rings. The van der Waals surface area contributed by atoms with Crippen LogP contribution in [-0.2, 0) is 16.6 Å². The third kappa shape index (κ3) is 2.84. The van der Waals surface area contributed by atoms with Crippen molar-refractivity contribution in [3.05, 3.63) is 35.7 Å². The molecule has 0 bridgehead atoms. The second-order valence-corrected chi connectivity index (χ2v) is 6.94. The van der Waals surface area contributed by atoms with Crippen LogP contribution in [0.15, 0.2) is 33.9 Å². The van der Waals surface area contributed by atoms with E-state index in [1.807, 2.05) is 20.0 Å². The number of nitrogens with zero attached hydrogens (tertiary/aromatic N) is 4. The minimum Gasteiger partial charge on any atom is -0.272 e. The summed E-state index contributed by atoms with van der Waals surface area (Å²) in [5.41, 5.74) is 2.24. The number of hydrogen-bond donors (Lipinski definition) is 1. The van der Waals surface area contributed by atoms with E-state index in [1.165, 1.54) is 6.07 Å². The van der Waals surface area contributed by atoms with Crippen molar-refractivity contribution < 1.29 is 13.0 Å². The topological polar surface area (TPSA) is 103 Å². The Bertz CT molecular complexity index is 944. The number of benzene rings is 1. The monoisotopic (exact) mass is 335 g/mol. The zero-order chi connectivity index (χ0) is 16.6. The van der Waals surface area contributed by atoms with Crippen LogP contribution in [0.25, 0.3) is 11.0 Å². The van der Waals surface area contributed by atoms with E-state index in [0.717, 1.165) is 17.8 Å². The molecular weight excluding hydrogens is 318 g/mol. The van der Waals surface area contributed by atoms with E-state index < -0.39 is 16.1 Å². The van der Waals surface area contributed by atoms with Crippen molar-refractivity contribution in [2.75, 3.05) is 0 Å². The van der Waals surface area contributed by atoms with Gasteiger partial charge in [-0.2, -0.15) is 5.10 Å². The Morgan fingerprint density at radius 1 is 1.35 bits per heavy atom. The predicted octanol–water partition coefficient (Wildman–Crippen LogP) is 1.79. The summed E-state index contributed by atoms with van der Waals surface area (Å²) < 4.78 is 34.4. The van der Waals surface area contributed by atoms with E-state index in [2.05, 4.69) is 24.8 Å². The second-order valence-electron chi connectivity index (χ2n) is 5.26. The minimum atomic E-state index is -3.77. The molecule has 0 radical (unpaired) electrons. The van der Waals surface area contributed by atoms with Crippen molar-refractivity contribution in [1.29, 1.82) is 0 Å². The number of fused-ring (bicyclic) bond motifs is 1. The summed E-state index contributed by atoms with van der Waals surface area (Å²) in [5.74, 6) is 0. The molecule has 8 nitrogen and oxygen atoms in total. The summed E-state index contributed by atoms with van der Waals surface area (Å²) >= 11 is 0. The van der Waals surface area contributed by atoms with Crippen LogP contribution < -0.4 is 4.72 Å². The van der Waals surface area contributed by atoms with Crippen LogP contribution in [0, 0.1) is 6.92 Å². The third-order valence-electron chi connectivity index (χ3n) is 3.65. The first-order valence-electron chi connectivity index (χ1n) is 7.20. The van der Waals surface area contributed by atoms with Crippen LogP contribution in [0.3, 0.4) is 0 Å². The molecule has 0 aliphatic heterocycles. The van der Waals surface area contributed by atoms with E-state index in [4.69, 9.17) is 0 Å². The quantitative estimate of drug-likeness (QED) is 0.762. The van der Waals surface area contributed by atoms with Crippen molar-refractivity contribution >= 4 is 21.1 Å². The molecule has 1 unspecified atom stereocenters. The Hall–Kier alpha value is -2.26. The smallest absolute Gasteiger partial charge is 0.243 e. The van der Waals surface area contributed by atoms with E-state index >= 15 is 0 Å². The molecule has 9 heteroatoms. The number of rotatable bonds is 5. The average molecular weight is 335 g/mol. The first kappa shape index (κ1) is 15.6. The molecule has 23 heavy (non-hydrogen) atoms. The van der Waals surface area contributed by atoms with Crippen LogP contribution >= 0.6 is 0 Å². The summed E-state index contributed by atoms with van der Waals surface area (Å²) in [7, 11) is -3.77. The lowest BCUT2D eigenvalue weighted by atomic mass is 10.1. The standard InChI is InChI=1S/C14H17N5O3S/c1-4-19-8-11(9(2)15-19)10(3)18-23(20,21)13-7-5-6-12-14(13)17-22-16-12/h5-8,10,18H,4H2,1-3H3. The average Bonchev–Trinajstić information content (AvgIpc) is 3.12. The fraction of sp³-hybridized carbons (Fsp3) is 0.357. The summed E-state index contributed by atoms with van der Waals surface area (Å²) in [6.07, 6.45) is 1.85. The SMILES string of the molecule is CCn1cc(C(C)NS(=O)(=O)c2cccc3nonc23)c(C)n1. The van der Waals surface area contributed by atoms with Gasteiger partial charge in [-0.25, -0.2) is 17.8 Å². The first-order valence-corrected chi connectivity index (χ1v) is 8.68. The van der Waals surface area contributed by atoms with Gasteiger partial charge in [-0.3, -0.25) is 4.68 Å². The molecule has 0 aliphatic carbocycles. The molecule has 0 saturated heterocycles. The van der Waals surface area contributed by atoms with Gasteiger partial charge >= 0.3 is 0 Å². The predicted molar refractivity (Wildman–Crippen MR) is 83.2 cm³/mol. The Balaban J connectivity index is 1.94. The van der Waals surface area contributed by atoms with E-state index in [0.29, 0.717) is 5.52 Å². The highest BCUT2D eigenvalue weighted by atomic mass is 32.2. The molecule has 0 saturated carbocycles. The highest BCUT2D eigenvalue weighted by Gasteiger charge is 2.24. The minimum absolute atomic E-state index is 0.0450. The van der Waals surface area contributed by atoms with Crippen LogP contribution in [0.1, 0.15) is 31.1 Å². The second kappa shape index (κ2) is 5.74. The van der Waals surface area contributed by atoms with Crippen LogP contribution in [0.5, 0.6) is 0 Å². The largest absolute Gasteiger partial charge is 0.272 e. The molecule has 0 amide bonds. The van der Waals surface area contributed by atoms with Gasteiger partial charge < -0.3 is 0 Å². The Morgan fingerprint density at radius 3 is 2.83 bits per heavy atom. The maximum absolute atomic E-state index is 12.7. The fourth-order valence-electron chi connectivity index (χ4n) is 2.48. The lowest BCUT2D eigenvalue weighted by molar-refractivity contribution is 0.315. The number of hydrogen-bond acceptors (Lipinski definition) is 6. The molecule has 2 heterocycles. The normalized spacial score (nSPS) is 13.5. The molecule has 0 aliphatic rings. The Labute approximate surface area is 133 Å². The lowest BCUT2D eigenvalue weighted by Gasteiger charge is -2.13. The van der Waals surface area contributed by atoms with E-state index in [1.54, 1.807) is 23.7 Å². The molecule has 3 aromatic rings. The van der Waals surface area contributed by atoms with Gasteiger partial charge in [0.2, 0.25) is 10.0 Å². The summed E-state index contributed by atoms with van der Waals surface area (Å²) in [6, 6.07) is 4.30. The number of sulfonamides is 1. The third-order valence-corrected chi connectivity index (χ3v) is 5.22. The molecule has 1 N–H and O–H groups in total. The molecule has 0 spiro atoms. The molecule has 2 aromatic heterocycles. The fourth-order valence-corrected chi connectivity index (χ4v) is 3.85. The van der Waals surface area contributed by atoms with Gasteiger partial charge in [-0.05, 0) is 43.2 Å². The van der Waals surface area contributed by atoms with Gasteiger partial charge in [0.05, 0.1) is 5.69 Å². The molecular formula is C14H17N5O3S. The zero-order valence-electron chi connectivity index (χ0n) is 13.0. The van der Waals surface area contributed by atoms with Crippen LogP contribution in [0.4, 0.5) is 0 Å². The molecule has 1 aromatic carbocycles.